The lowest BCUT2D eigenvalue weighted by atomic mass is 10.1. The van der Waals surface area contributed by atoms with Gasteiger partial charge < -0.3 is 14.8 Å². The zero-order valence-corrected chi connectivity index (χ0v) is 14.0. The number of para-hydroxylation sites is 1. The van der Waals surface area contributed by atoms with E-state index in [2.05, 4.69) is 12.2 Å². The molecule has 0 heterocycles. The third-order valence-corrected chi connectivity index (χ3v) is 3.58. The molecule has 0 fully saturated rings. The Kier molecular flexibility index (Phi) is 6.43. The summed E-state index contributed by atoms with van der Waals surface area (Å²) in [7, 11) is 3.16. The van der Waals surface area contributed by atoms with Crippen molar-refractivity contribution in [2.45, 2.75) is 6.42 Å². The van der Waals surface area contributed by atoms with E-state index in [-0.39, 0.29) is 5.91 Å². The predicted molar refractivity (Wildman–Crippen MR) is 96.2 cm³/mol. The number of hydrogen-bond donors (Lipinski definition) is 1. The van der Waals surface area contributed by atoms with Crippen molar-refractivity contribution in [2.75, 3.05) is 20.8 Å². The number of rotatable bonds is 7. The molecule has 24 heavy (non-hydrogen) atoms. The quantitative estimate of drug-likeness (QED) is 0.795. The summed E-state index contributed by atoms with van der Waals surface area (Å²) >= 11 is 0. The third kappa shape index (κ3) is 4.88. The standard InChI is InChI=1S/C20H22NO3/c1-15-7-9-16(10-8-15)13-14-21-19(22)12-11-17-5-4-6-18(23-2)20(17)24-3/h4-12H,1,13-14H2,2-3H3,(H,21,22). The van der Waals surface area contributed by atoms with Crippen LogP contribution in [0.4, 0.5) is 0 Å². The molecule has 0 bridgehead atoms. The van der Waals surface area contributed by atoms with Crippen LogP contribution in [0.25, 0.3) is 6.08 Å². The molecule has 0 saturated carbocycles. The lowest BCUT2D eigenvalue weighted by Crippen LogP contribution is -2.23. The van der Waals surface area contributed by atoms with Gasteiger partial charge in [-0.15, -0.1) is 0 Å². The summed E-state index contributed by atoms with van der Waals surface area (Å²) in [5.74, 6) is 1.10. The molecule has 0 aliphatic carbocycles. The summed E-state index contributed by atoms with van der Waals surface area (Å²) in [6.45, 7) is 4.43. The van der Waals surface area contributed by atoms with Gasteiger partial charge in [0.25, 0.3) is 0 Å². The molecule has 125 valence electrons. The molecule has 0 spiro atoms. The highest BCUT2D eigenvalue weighted by atomic mass is 16.5. The number of nitrogens with one attached hydrogen (secondary N) is 1. The molecule has 4 nitrogen and oxygen atoms in total. The first-order chi connectivity index (χ1) is 11.6. The molecule has 2 aromatic carbocycles. The Morgan fingerprint density at radius 3 is 2.54 bits per heavy atom. The second-order valence-corrected chi connectivity index (χ2v) is 5.27. The lowest BCUT2D eigenvalue weighted by molar-refractivity contribution is -0.116. The van der Waals surface area contributed by atoms with Crippen LogP contribution < -0.4 is 14.8 Å². The monoisotopic (exact) mass is 324 g/mol. The Hall–Kier alpha value is -2.75. The molecule has 0 saturated heterocycles. The number of carbonyl (C=O) groups excluding carboxylic acids is 1. The van der Waals surface area contributed by atoms with Gasteiger partial charge in [-0.05, 0) is 36.6 Å². The molecule has 2 aromatic rings. The van der Waals surface area contributed by atoms with Gasteiger partial charge >= 0.3 is 0 Å². The topological polar surface area (TPSA) is 47.6 Å². The molecule has 1 radical (unpaired) electrons. The fourth-order valence-corrected chi connectivity index (χ4v) is 2.30. The van der Waals surface area contributed by atoms with E-state index < -0.39 is 0 Å². The van der Waals surface area contributed by atoms with Crippen molar-refractivity contribution in [2.24, 2.45) is 0 Å². The van der Waals surface area contributed by atoms with E-state index in [0.717, 1.165) is 17.5 Å². The van der Waals surface area contributed by atoms with Crippen molar-refractivity contribution in [3.63, 3.8) is 0 Å². The van der Waals surface area contributed by atoms with E-state index in [0.29, 0.717) is 18.0 Å². The van der Waals surface area contributed by atoms with Gasteiger partial charge in [-0.3, -0.25) is 4.79 Å². The fraction of sp³-hybridized carbons (Fsp3) is 0.200. The van der Waals surface area contributed by atoms with Crippen LogP contribution in [0.15, 0.2) is 48.5 Å². The van der Waals surface area contributed by atoms with E-state index >= 15 is 0 Å². The maximum Gasteiger partial charge on any atom is 0.244 e. The number of methoxy groups -OCH3 is 2. The minimum atomic E-state index is -0.145. The van der Waals surface area contributed by atoms with Gasteiger partial charge in [0.2, 0.25) is 5.91 Å². The SMILES string of the molecule is [CH2]c1ccc(CCNC(=O)C=Cc2cccc(OC)c2OC)cc1. The van der Waals surface area contributed by atoms with Crippen molar-refractivity contribution >= 4 is 12.0 Å². The van der Waals surface area contributed by atoms with Crippen molar-refractivity contribution in [3.8, 4) is 11.5 Å². The summed E-state index contributed by atoms with van der Waals surface area (Å²) in [5.41, 5.74) is 2.94. The molecule has 1 N–H and O–H groups in total. The maximum atomic E-state index is 11.9. The van der Waals surface area contributed by atoms with Crippen LogP contribution in [0, 0.1) is 6.92 Å². The third-order valence-electron chi connectivity index (χ3n) is 3.58. The average molecular weight is 324 g/mol. The summed E-state index contributed by atoms with van der Waals surface area (Å²) in [4.78, 5) is 11.9. The fourth-order valence-electron chi connectivity index (χ4n) is 2.30. The lowest BCUT2D eigenvalue weighted by Gasteiger charge is -2.09. The zero-order chi connectivity index (χ0) is 17.4. The second kappa shape index (κ2) is 8.77. The van der Waals surface area contributed by atoms with E-state index in [1.807, 2.05) is 42.5 Å². The van der Waals surface area contributed by atoms with Crippen LogP contribution in [0.5, 0.6) is 11.5 Å². The molecule has 0 unspecified atom stereocenters. The molecule has 0 aliphatic heterocycles. The van der Waals surface area contributed by atoms with Gasteiger partial charge in [-0.1, -0.05) is 36.4 Å². The van der Waals surface area contributed by atoms with E-state index in [1.165, 1.54) is 11.6 Å². The van der Waals surface area contributed by atoms with Gasteiger partial charge in [-0.25, -0.2) is 0 Å². The van der Waals surface area contributed by atoms with Crippen LogP contribution in [-0.4, -0.2) is 26.7 Å². The van der Waals surface area contributed by atoms with Gasteiger partial charge in [0.05, 0.1) is 14.2 Å². The molecule has 1 amide bonds. The summed E-state index contributed by atoms with van der Waals surface area (Å²) in [6.07, 6.45) is 3.99. The highest BCUT2D eigenvalue weighted by Crippen LogP contribution is 2.31. The Balaban J connectivity index is 1.90. The first-order valence-electron chi connectivity index (χ1n) is 7.72. The van der Waals surface area contributed by atoms with Crippen LogP contribution in [0.3, 0.4) is 0 Å². The first-order valence-corrected chi connectivity index (χ1v) is 7.72. The van der Waals surface area contributed by atoms with Gasteiger partial charge in [-0.2, -0.15) is 0 Å². The molecule has 0 aliphatic rings. The zero-order valence-electron chi connectivity index (χ0n) is 14.0. The highest BCUT2D eigenvalue weighted by molar-refractivity contribution is 5.92. The summed E-state index contributed by atoms with van der Waals surface area (Å²) < 4.78 is 10.6. The first kappa shape index (κ1) is 17.6. The molecule has 0 atom stereocenters. The average Bonchev–Trinajstić information content (AvgIpc) is 2.61. The minimum absolute atomic E-state index is 0.145. The Labute approximate surface area is 143 Å². The van der Waals surface area contributed by atoms with Crippen LogP contribution >= 0.6 is 0 Å². The van der Waals surface area contributed by atoms with E-state index in [9.17, 15) is 4.79 Å². The number of amides is 1. The Bertz CT molecular complexity index is 705. The van der Waals surface area contributed by atoms with Crippen molar-refractivity contribution < 1.29 is 14.3 Å². The van der Waals surface area contributed by atoms with Crippen molar-refractivity contribution in [1.29, 1.82) is 0 Å². The van der Waals surface area contributed by atoms with E-state index in [4.69, 9.17) is 9.47 Å². The molecule has 2 rings (SSSR count). The normalized spacial score (nSPS) is 10.6. The maximum absolute atomic E-state index is 11.9. The van der Waals surface area contributed by atoms with Crippen molar-refractivity contribution in [3.05, 3.63) is 72.2 Å². The Morgan fingerprint density at radius 1 is 1.12 bits per heavy atom. The predicted octanol–water partition coefficient (Wildman–Crippen LogP) is 3.26. The van der Waals surface area contributed by atoms with Crippen LogP contribution in [-0.2, 0) is 11.2 Å². The Morgan fingerprint density at radius 2 is 1.88 bits per heavy atom. The molecule has 4 heteroatoms. The van der Waals surface area contributed by atoms with Gasteiger partial charge in [0.15, 0.2) is 11.5 Å². The van der Waals surface area contributed by atoms with Gasteiger partial charge in [0, 0.05) is 18.2 Å². The summed E-state index contributed by atoms with van der Waals surface area (Å²) in [5, 5.41) is 2.87. The smallest absolute Gasteiger partial charge is 0.244 e. The molecular weight excluding hydrogens is 302 g/mol. The molecule has 0 aromatic heterocycles. The number of hydrogen-bond acceptors (Lipinski definition) is 3. The number of benzene rings is 2. The van der Waals surface area contributed by atoms with Crippen LogP contribution in [0.2, 0.25) is 0 Å². The second-order valence-electron chi connectivity index (χ2n) is 5.27. The minimum Gasteiger partial charge on any atom is -0.493 e. The molecular formula is C20H22NO3. The number of ether oxygens (including phenoxy) is 2. The van der Waals surface area contributed by atoms with Crippen LogP contribution in [0.1, 0.15) is 16.7 Å². The highest BCUT2D eigenvalue weighted by Gasteiger charge is 2.07. The number of carbonyl (C=O) groups is 1. The van der Waals surface area contributed by atoms with Gasteiger partial charge in [0.1, 0.15) is 0 Å². The largest absolute Gasteiger partial charge is 0.493 e. The van der Waals surface area contributed by atoms with Crippen molar-refractivity contribution in [1.82, 2.24) is 5.32 Å². The van der Waals surface area contributed by atoms with E-state index in [1.54, 1.807) is 20.3 Å². The summed E-state index contributed by atoms with van der Waals surface area (Å²) in [6, 6.07) is 13.5.